The van der Waals surface area contributed by atoms with E-state index in [1.165, 1.54) is 0 Å². The van der Waals surface area contributed by atoms with Gasteiger partial charge in [0, 0.05) is 28.6 Å². The van der Waals surface area contributed by atoms with Crippen molar-refractivity contribution >= 4 is 45.6 Å². The van der Waals surface area contributed by atoms with Gasteiger partial charge in [-0.25, -0.2) is 0 Å². The van der Waals surface area contributed by atoms with Crippen molar-refractivity contribution in [3.8, 4) is 0 Å². The zero-order valence-corrected chi connectivity index (χ0v) is 12.9. The number of rotatable bonds is 2. The number of benzene rings is 1. The molecule has 3 nitrogen and oxygen atoms in total. The number of fused-ring (bicyclic) bond motifs is 1. The van der Waals surface area contributed by atoms with E-state index in [1.807, 2.05) is 23.6 Å². The second-order valence-electron chi connectivity index (χ2n) is 4.35. The first-order valence-corrected chi connectivity index (χ1v) is 7.81. The molecule has 1 aliphatic rings. The average molecular weight is 383 g/mol. The van der Waals surface area contributed by atoms with Gasteiger partial charge >= 0.3 is 0 Å². The number of carbonyl (C=O) groups is 2. The second-order valence-corrected chi connectivity index (χ2v) is 7.15. The Morgan fingerprint density at radius 3 is 2.84 bits per heavy atom. The SMILES string of the molecule is O=C(c1csc(I)c1)c1ccc2c(c1)C(=O)NCC2. The second kappa shape index (κ2) is 5.05. The largest absolute Gasteiger partial charge is 0.352 e. The molecule has 0 radical (unpaired) electrons. The maximum Gasteiger partial charge on any atom is 0.251 e. The zero-order chi connectivity index (χ0) is 13.4. The molecule has 0 spiro atoms. The van der Waals surface area contributed by atoms with Crippen LogP contribution in [0.4, 0.5) is 0 Å². The van der Waals surface area contributed by atoms with E-state index in [0.717, 1.165) is 14.9 Å². The van der Waals surface area contributed by atoms with Gasteiger partial charge < -0.3 is 5.32 Å². The molecule has 1 amide bonds. The van der Waals surface area contributed by atoms with Crippen LogP contribution in [-0.4, -0.2) is 18.2 Å². The summed E-state index contributed by atoms with van der Waals surface area (Å²) in [7, 11) is 0. The van der Waals surface area contributed by atoms with Gasteiger partial charge in [-0.3, -0.25) is 9.59 Å². The molecule has 1 aromatic heterocycles. The number of halogens is 1. The number of hydrogen-bond acceptors (Lipinski definition) is 3. The molecule has 96 valence electrons. The number of hydrogen-bond donors (Lipinski definition) is 1. The Hall–Kier alpha value is -1.21. The van der Waals surface area contributed by atoms with E-state index in [2.05, 4.69) is 27.9 Å². The molecule has 0 saturated carbocycles. The van der Waals surface area contributed by atoms with Crippen LogP contribution in [0.2, 0.25) is 0 Å². The standard InChI is InChI=1S/C14H10INO2S/c15-12-6-10(7-19-12)13(17)9-2-1-8-3-4-16-14(18)11(8)5-9/h1-2,5-7H,3-4H2,(H,16,18). The summed E-state index contributed by atoms with van der Waals surface area (Å²) in [5, 5.41) is 4.65. The Balaban J connectivity index is 2.00. The van der Waals surface area contributed by atoms with E-state index in [-0.39, 0.29) is 11.7 Å². The van der Waals surface area contributed by atoms with Gasteiger partial charge in [0.1, 0.15) is 0 Å². The number of ketones is 1. The molecule has 2 aromatic rings. The van der Waals surface area contributed by atoms with Crippen LogP contribution in [0.5, 0.6) is 0 Å². The van der Waals surface area contributed by atoms with Gasteiger partial charge in [-0.15, -0.1) is 11.3 Å². The van der Waals surface area contributed by atoms with Crippen molar-refractivity contribution in [3.05, 3.63) is 54.8 Å². The Bertz CT molecular complexity index is 678. The summed E-state index contributed by atoms with van der Waals surface area (Å²) in [5.74, 6) is -0.115. The van der Waals surface area contributed by atoms with Gasteiger partial charge in [-0.05, 0) is 46.7 Å². The summed E-state index contributed by atoms with van der Waals surface area (Å²) >= 11 is 3.74. The molecule has 0 unspecified atom stereocenters. The maximum atomic E-state index is 12.3. The van der Waals surface area contributed by atoms with E-state index < -0.39 is 0 Å². The highest BCUT2D eigenvalue weighted by atomic mass is 127. The lowest BCUT2D eigenvalue weighted by Gasteiger charge is -2.16. The van der Waals surface area contributed by atoms with Gasteiger partial charge in [0.25, 0.3) is 5.91 Å². The number of carbonyl (C=O) groups excluding carboxylic acids is 2. The van der Waals surface area contributed by atoms with Crippen LogP contribution in [0.25, 0.3) is 0 Å². The molecule has 5 heteroatoms. The lowest BCUT2D eigenvalue weighted by Crippen LogP contribution is -2.32. The van der Waals surface area contributed by atoms with Gasteiger partial charge in [0.15, 0.2) is 5.78 Å². The molecule has 3 rings (SSSR count). The van der Waals surface area contributed by atoms with Crippen LogP contribution in [0.3, 0.4) is 0 Å². The molecule has 0 saturated heterocycles. The fourth-order valence-electron chi connectivity index (χ4n) is 2.15. The van der Waals surface area contributed by atoms with Crippen molar-refractivity contribution in [1.82, 2.24) is 5.32 Å². The normalized spacial score (nSPS) is 13.8. The quantitative estimate of drug-likeness (QED) is 0.641. The molecule has 0 aliphatic carbocycles. The Kier molecular flexibility index (Phi) is 3.40. The summed E-state index contributed by atoms with van der Waals surface area (Å²) in [6.07, 6.45) is 0.825. The van der Waals surface area contributed by atoms with Crippen molar-refractivity contribution in [1.29, 1.82) is 0 Å². The third kappa shape index (κ3) is 2.44. The fourth-order valence-corrected chi connectivity index (χ4v) is 3.48. The molecule has 0 atom stereocenters. The smallest absolute Gasteiger partial charge is 0.251 e. The minimum absolute atomic E-state index is 0.0275. The highest BCUT2D eigenvalue weighted by Gasteiger charge is 2.19. The van der Waals surface area contributed by atoms with E-state index in [1.54, 1.807) is 17.4 Å². The first-order chi connectivity index (χ1) is 9.15. The first-order valence-electron chi connectivity index (χ1n) is 5.85. The lowest BCUT2D eigenvalue weighted by atomic mass is 9.95. The molecular weight excluding hydrogens is 373 g/mol. The van der Waals surface area contributed by atoms with Crippen molar-refractivity contribution in [2.75, 3.05) is 6.54 Å². The van der Waals surface area contributed by atoms with Crippen molar-refractivity contribution in [2.45, 2.75) is 6.42 Å². The van der Waals surface area contributed by atoms with Crippen LogP contribution in [-0.2, 0) is 6.42 Å². The highest BCUT2D eigenvalue weighted by Crippen LogP contribution is 2.22. The molecule has 1 aromatic carbocycles. The Morgan fingerprint density at radius 1 is 1.26 bits per heavy atom. The molecule has 1 N–H and O–H groups in total. The van der Waals surface area contributed by atoms with Crippen molar-refractivity contribution in [2.24, 2.45) is 0 Å². The lowest BCUT2D eigenvalue weighted by molar-refractivity contribution is 0.0946. The maximum absolute atomic E-state index is 12.3. The van der Waals surface area contributed by atoms with E-state index in [0.29, 0.717) is 23.2 Å². The molecule has 0 fully saturated rings. The van der Waals surface area contributed by atoms with Crippen LogP contribution in [0.15, 0.2) is 29.6 Å². The van der Waals surface area contributed by atoms with Crippen LogP contribution < -0.4 is 5.32 Å². The predicted molar refractivity (Wildman–Crippen MR) is 82.9 cm³/mol. The number of nitrogens with one attached hydrogen (secondary N) is 1. The molecule has 1 aliphatic heterocycles. The summed E-state index contributed by atoms with van der Waals surface area (Å²) < 4.78 is 1.08. The van der Waals surface area contributed by atoms with Crippen molar-refractivity contribution < 1.29 is 9.59 Å². The van der Waals surface area contributed by atoms with Crippen LogP contribution in [0, 0.1) is 2.88 Å². The average Bonchev–Trinajstić information content (AvgIpc) is 2.85. The van der Waals surface area contributed by atoms with Gasteiger partial charge in [-0.1, -0.05) is 12.1 Å². The summed E-state index contributed by atoms with van der Waals surface area (Å²) in [4.78, 5) is 24.1. The van der Waals surface area contributed by atoms with Crippen LogP contribution >= 0.6 is 33.9 Å². The van der Waals surface area contributed by atoms with E-state index in [4.69, 9.17) is 0 Å². The highest BCUT2D eigenvalue weighted by molar-refractivity contribution is 14.1. The third-order valence-corrected chi connectivity index (χ3v) is 4.92. The Morgan fingerprint density at radius 2 is 2.11 bits per heavy atom. The number of amides is 1. The molecule has 19 heavy (non-hydrogen) atoms. The van der Waals surface area contributed by atoms with Crippen LogP contribution in [0.1, 0.15) is 31.8 Å². The van der Waals surface area contributed by atoms with Gasteiger partial charge in [0.2, 0.25) is 0 Å². The summed E-state index contributed by atoms with van der Waals surface area (Å²) in [6.45, 7) is 0.669. The summed E-state index contributed by atoms with van der Waals surface area (Å²) in [6, 6.07) is 7.27. The first kappa shape index (κ1) is 12.8. The topological polar surface area (TPSA) is 46.2 Å². The molecule has 0 bridgehead atoms. The van der Waals surface area contributed by atoms with Crippen molar-refractivity contribution in [3.63, 3.8) is 0 Å². The minimum atomic E-state index is -0.0872. The van der Waals surface area contributed by atoms with Gasteiger partial charge in [0.05, 0.1) is 2.88 Å². The fraction of sp³-hybridized carbons (Fsp3) is 0.143. The molecule has 2 heterocycles. The number of thiophene rings is 1. The predicted octanol–water partition coefficient (Wildman–Crippen LogP) is 2.87. The minimum Gasteiger partial charge on any atom is -0.352 e. The van der Waals surface area contributed by atoms with Gasteiger partial charge in [-0.2, -0.15) is 0 Å². The third-order valence-electron chi connectivity index (χ3n) is 3.13. The zero-order valence-electron chi connectivity index (χ0n) is 9.90. The van der Waals surface area contributed by atoms with E-state index >= 15 is 0 Å². The monoisotopic (exact) mass is 383 g/mol. The molecular formula is C14H10INO2S. The Labute approximate surface area is 128 Å². The van der Waals surface area contributed by atoms with E-state index in [9.17, 15) is 9.59 Å². The summed E-state index contributed by atoms with van der Waals surface area (Å²) in [5.41, 5.74) is 2.90.